The molecule has 1 rings (SSSR count). The number of aliphatic hydroxyl groups excluding tert-OH is 1. The van der Waals surface area contributed by atoms with Crippen molar-refractivity contribution in [2.24, 2.45) is 5.92 Å². The summed E-state index contributed by atoms with van der Waals surface area (Å²) in [5, 5.41) is 10.9. The van der Waals surface area contributed by atoms with Crippen LogP contribution in [0.4, 0.5) is 0 Å². The lowest BCUT2D eigenvalue weighted by Gasteiger charge is -2.19. The van der Waals surface area contributed by atoms with Crippen LogP contribution in [0.2, 0.25) is 5.02 Å². The number of halogens is 1. The third-order valence-electron chi connectivity index (χ3n) is 3.33. The molecule has 0 aromatic heterocycles. The van der Waals surface area contributed by atoms with Crippen molar-refractivity contribution in [3.05, 3.63) is 34.9 Å². The second-order valence-electron chi connectivity index (χ2n) is 4.72. The lowest BCUT2D eigenvalue weighted by molar-refractivity contribution is 0.139. The van der Waals surface area contributed by atoms with Gasteiger partial charge in [-0.05, 0) is 30.0 Å². The first kappa shape index (κ1) is 14.5. The SMILES string of the molecule is CCCCC(CC)CC(O)c1cccc(Cl)c1. The molecule has 0 fully saturated rings. The Morgan fingerprint density at radius 2 is 2.06 bits per heavy atom. The lowest BCUT2D eigenvalue weighted by atomic mass is 9.91. The van der Waals surface area contributed by atoms with Crippen molar-refractivity contribution in [3.8, 4) is 0 Å². The average molecular weight is 255 g/mol. The van der Waals surface area contributed by atoms with Gasteiger partial charge in [0.2, 0.25) is 0 Å². The minimum atomic E-state index is -0.379. The highest BCUT2D eigenvalue weighted by Crippen LogP contribution is 2.27. The molecule has 1 N–H and O–H groups in total. The van der Waals surface area contributed by atoms with Crippen LogP contribution < -0.4 is 0 Å². The van der Waals surface area contributed by atoms with E-state index < -0.39 is 0 Å². The quantitative estimate of drug-likeness (QED) is 0.728. The van der Waals surface area contributed by atoms with Gasteiger partial charge in [-0.15, -0.1) is 0 Å². The Labute approximate surface area is 110 Å². The number of hydrogen-bond acceptors (Lipinski definition) is 1. The van der Waals surface area contributed by atoms with Crippen molar-refractivity contribution in [2.45, 2.75) is 52.1 Å². The maximum absolute atomic E-state index is 10.2. The van der Waals surface area contributed by atoms with Crippen molar-refractivity contribution in [1.82, 2.24) is 0 Å². The van der Waals surface area contributed by atoms with Gasteiger partial charge in [0.1, 0.15) is 0 Å². The highest BCUT2D eigenvalue weighted by molar-refractivity contribution is 6.30. The molecule has 0 aliphatic heterocycles. The fraction of sp³-hybridized carbons (Fsp3) is 0.600. The number of rotatable bonds is 7. The van der Waals surface area contributed by atoms with Crippen molar-refractivity contribution >= 4 is 11.6 Å². The van der Waals surface area contributed by atoms with E-state index in [2.05, 4.69) is 13.8 Å². The third-order valence-corrected chi connectivity index (χ3v) is 3.57. The van der Waals surface area contributed by atoms with Crippen LogP contribution in [-0.2, 0) is 0 Å². The summed E-state index contributed by atoms with van der Waals surface area (Å²) in [4.78, 5) is 0. The van der Waals surface area contributed by atoms with Gasteiger partial charge in [0.05, 0.1) is 6.10 Å². The fourth-order valence-electron chi connectivity index (χ4n) is 2.15. The number of unbranched alkanes of at least 4 members (excludes halogenated alkanes) is 1. The molecule has 0 spiro atoms. The van der Waals surface area contributed by atoms with Gasteiger partial charge < -0.3 is 5.11 Å². The van der Waals surface area contributed by atoms with Crippen LogP contribution in [0.5, 0.6) is 0 Å². The van der Waals surface area contributed by atoms with Crippen molar-refractivity contribution in [3.63, 3.8) is 0 Å². The van der Waals surface area contributed by atoms with Gasteiger partial charge in [0.25, 0.3) is 0 Å². The number of hydrogen-bond donors (Lipinski definition) is 1. The second-order valence-corrected chi connectivity index (χ2v) is 5.16. The zero-order valence-electron chi connectivity index (χ0n) is 10.8. The fourth-order valence-corrected chi connectivity index (χ4v) is 2.35. The molecular weight excluding hydrogens is 232 g/mol. The van der Waals surface area contributed by atoms with E-state index in [-0.39, 0.29) is 6.10 Å². The highest BCUT2D eigenvalue weighted by Gasteiger charge is 2.14. The molecule has 0 saturated carbocycles. The molecule has 96 valence electrons. The maximum Gasteiger partial charge on any atom is 0.0793 e. The molecule has 2 unspecified atom stereocenters. The molecule has 2 atom stereocenters. The van der Waals surface area contributed by atoms with Gasteiger partial charge in [-0.3, -0.25) is 0 Å². The molecule has 17 heavy (non-hydrogen) atoms. The molecule has 0 aliphatic rings. The Hall–Kier alpha value is -0.530. The molecule has 0 aliphatic carbocycles. The van der Waals surface area contributed by atoms with E-state index >= 15 is 0 Å². The van der Waals surface area contributed by atoms with Gasteiger partial charge in [-0.25, -0.2) is 0 Å². The smallest absolute Gasteiger partial charge is 0.0793 e. The summed E-state index contributed by atoms with van der Waals surface area (Å²) < 4.78 is 0. The van der Waals surface area contributed by atoms with Crippen LogP contribution in [-0.4, -0.2) is 5.11 Å². The maximum atomic E-state index is 10.2. The molecule has 0 heterocycles. The first-order valence-corrected chi connectivity index (χ1v) is 6.98. The van der Waals surface area contributed by atoms with Crippen LogP contribution in [0.1, 0.15) is 57.6 Å². The van der Waals surface area contributed by atoms with E-state index in [4.69, 9.17) is 11.6 Å². The molecule has 0 bridgehead atoms. The van der Waals surface area contributed by atoms with E-state index in [1.165, 1.54) is 19.3 Å². The van der Waals surface area contributed by atoms with E-state index in [0.717, 1.165) is 18.4 Å². The summed E-state index contributed by atoms with van der Waals surface area (Å²) in [6.45, 7) is 4.41. The minimum Gasteiger partial charge on any atom is -0.388 e. The minimum absolute atomic E-state index is 0.379. The Morgan fingerprint density at radius 3 is 2.65 bits per heavy atom. The van der Waals surface area contributed by atoms with Crippen LogP contribution >= 0.6 is 11.6 Å². The van der Waals surface area contributed by atoms with Gasteiger partial charge in [-0.1, -0.05) is 63.3 Å². The average Bonchev–Trinajstić information content (AvgIpc) is 2.34. The predicted molar refractivity (Wildman–Crippen MR) is 74.3 cm³/mol. The summed E-state index contributed by atoms with van der Waals surface area (Å²) in [6, 6.07) is 7.54. The Morgan fingerprint density at radius 1 is 1.29 bits per heavy atom. The Balaban J connectivity index is 2.54. The third kappa shape index (κ3) is 5.10. The normalized spacial score (nSPS) is 14.6. The highest BCUT2D eigenvalue weighted by atomic mass is 35.5. The largest absolute Gasteiger partial charge is 0.388 e. The number of benzene rings is 1. The molecule has 0 radical (unpaired) electrons. The molecule has 0 amide bonds. The van der Waals surface area contributed by atoms with E-state index in [1.54, 1.807) is 0 Å². The molecule has 1 nitrogen and oxygen atoms in total. The Bertz CT molecular complexity index is 324. The summed E-state index contributed by atoms with van der Waals surface area (Å²) >= 11 is 5.93. The van der Waals surface area contributed by atoms with Crippen LogP contribution in [0.15, 0.2) is 24.3 Å². The molecule has 1 aromatic carbocycles. The summed E-state index contributed by atoms with van der Waals surface area (Å²) in [5.74, 6) is 0.615. The number of aliphatic hydroxyl groups is 1. The second kappa shape index (κ2) is 7.73. The van der Waals surface area contributed by atoms with Gasteiger partial charge in [-0.2, -0.15) is 0 Å². The Kier molecular flexibility index (Phi) is 6.61. The van der Waals surface area contributed by atoms with Gasteiger partial charge in [0, 0.05) is 5.02 Å². The lowest BCUT2D eigenvalue weighted by Crippen LogP contribution is -2.07. The first-order chi connectivity index (χ1) is 8.17. The topological polar surface area (TPSA) is 20.2 Å². The van der Waals surface area contributed by atoms with E-state index in [0.29, 0.717) is 10.9 Å². The van der Waals surface area contributed by atoms with Crippen molar-refractivity contribution < 1.29 is 5.11 Å². The van der Waals surface area contributed by atoms with Crippen LogP contribution in [0.3, 0.4) is 0 Å². The van der Waals surface area contributed by atoms with Crippen LogP contribution in [0, 0.1) is 5.92 Å². The van der Waals surface area contributed by atoms with E-state index in [1.807, 2.05) is 24.3 Å². The summed E-state index contributed by atoms with van der Waals surface area (Å²) in [5.41, 5.74) is 0.937. The van der Waals surface area contributed by atoms with Crippen LogP contribution in [0.25, 0.3) is 0 Å². The van der Waals surface area contributed by atoms with E-state index in [9.17, 15) is 5.11 Å². The first-order valence-electron chi connectivity index (χ1n) is 6.60. The molecule has 0 saturated heterocycles. The molecular formula is C15H23ClO. The van der Waals surface area contributed by atoms with Gasteiger partial charge >= 0.3 is 0 Å². The standard InChI is InChI=1S/C15H23ClO/c1-3-5-7-12(4-2)10-15(17)13-8-6-9-14(16)11-13/h6,8-9,11-12,15,17H,3-5,7,10H2,1-2H3. The summed E-state index contributed by atoms with van der Waals surface area (Å²) in [7, 11) is 0. The van der Waals surface area contributed by atoms with Gasteiger partial charge in [0.15, 0.2) is 0 Å². The molecule has 2 heteroatoms. The van der Waals surface area contributed by atoms with Crippen molar-refractivity contribution in [1.29, 1.82) is 0 Å². The monoisotopic (exact) mass is 254 g/mol. The predicted octanol–water partition coefficient (Wildman–Crippen LogP) is 4.98. The zero-order chi connectivity index (χ0) is 12.7. The molecule has 1 aromatic rings. The van der Waals surface area contributed by atoms with Crippen molar-refractivity contribution in [2.75, 3.05) is 0 Å². The zero-order valence-corrected chi connectivity index (χ0v) is 11.6. The summed E-state index contributed by atoms with van der Waals surface area (Å²) in [6.07, 6.45) is 5.29.